The lowest BCUT2D eigenvalue weighted by Crippen LogP contribution is -2.21. The van der Waals surface area contributed by atoms with Crippen LogP contribution in [0.1, 0.15) is 21.6 Å². The highest BCUT2D eigenvalue weighted by Crippen LogP contribution is 2.15. The van der Waals surface area contributed by atoms with Gasteiger partial charge in [0, 0.05) is 32.1 Å². The van der Waals surface area contributed by atoms with Crippen LogP contribution in [0.4, 0.5) is 0 Å². The molecule has 0 aliphatic carbocycles. The van der Waals surface area contributed by atoms with Crippen LogP contribution in [0.15, 0.2) is 48.8 Å². The third-order valence-electron chi connectivity index (χ3n) is 3.54. The van der Waals surface area contributed by atoms with Gasteiger partial charge in [-0.15, -0.1) is 0 Å². The first-order valence-electron chi connectivity index (χ1n) is 7.42. The van der Waals surface area contributed by atoms with E-state index < -0.39 is 0 Å². The minimum absolute atomic E-state index is 0.0210. The number of carbonyl (C=O) groups excluding carboxylic acids is 1. The van der Waals surface area contributed by atoms with E-state index in [9.17, 15) is 4.79 Å². The number of imidazole rings is 1. The number of hydrogen-bond donors (Lipinski definition) is 0. The van der Waals surface area contributed by atoms with Crippen molar-refractivity contribution in [3.05, 3.63) is 65.6 Å². The maximum atomic E-state index is 11.8. The highest BCUT2D eigenvalue weighted by molar-refractivity contribution is 5.93. The summed E-state index contributed by atoms with van der Waals surface area (Å²) in [5.41, 5.74) is 3.60. The fraction of sp³-hybridized carbons (Fsp3) is 0.222. The molecule has 0 aliphatic rings. The monoisotopic (exact) mass is 309 g/mol. The van der Waals surface area contributed by atoms with Crippen LogP contribution >= 0.6 is 0 Å². The molecule has 0 spiro atoms. The predicted molar refractivity (Wildman–Crippen MR) is 88.7 cm³/mol. The summed E-state index contributed by atoms with van der Waals surface area (Å²) in [6, 6.07) is 11.2. The van der Waals surface area contributed by atoms with Gasteiger partial charge in [0.25, 0.3) is 5.91 Å². The number of benzene rings is 1. The molecule has 0 bridgehead atoms. The summed E-state index contributed by atoms with van der Waals surface area (Å²) < 4.78 is 7.74. The van der Waals surface area contributed by atoms with E-state index in [2.05, 4.69) is 4.98 Å². The molecule has 0 saturated carbocycles. The van der Waals surface area contributed by atoms with Crippen LogP contribution in [0, 0.1) is 6.92 Å². The topological polar surface area (TPSA) is 46.8 Å². The molecule has 2 heterocycles. The molecule has 1 amide bonds. The lowest BCUT2D eigenvalue weighted by Gasteiger charge is -2.10. The number of fused-ring (bicyclic) bond motifs is 1. The van der Waals surface area contributed by atoms with Gasteiger partial charge in [-0.2, -0.15) is 0 Å². The van der Waals surface area contributed by atoms with Crippen LogP contribution in [-0.2, 0) is 6.61 Å². The van der Waals surface area contributed by atoms with Crippen LogP contribution < -0.4 is 4.74 Å². The van der Waals surface area contributed by atoms with Gasteiger partial charge in [-0.05, 0) is 42.8 Å². The number of amides is 1. The number of hydrogen-bond acceptors (Lipinski definition) is 3. The maximum Gasteiger partial charge on any atom is 0.253 e. The van der Waals surface area contributed by atoms with Gasteiger partial charge in [-0.25, -0.2) is 4.98 Å². The van der Waals surface area contributed by atoms with E-state index in [-0.39, 0.29) is 5.91 Å². The average molecular weight is 309 g/mol. The standard InChI is InChI=1S/C18H19N3O2/c1-13-4-9-17-19-15(11-21(17)10-13)12-23-16-7-5-14(6-8-16)18(22)20(2)3/h4-11H,12H2,1-3H3. The molecule has 118 valence electrons. The number of carbonyl (C=O) groups is 1. The molecule has 2 aromatic heterocycles. The first-order chi connectivity index (χ1) is 11.0. The Balaban J connectivity index is 1.68. The molecule has 23 heavy (non-hydrogen) atoms. The molecule has 3 rings (SSSR count). The van der Waals surface area contributed by atoms with Crippen molar-refractivity contribution in [2.45, 2.75) is 13.5 Å². The predicted octanol–water partition coefficient (Wildman–Crippen LogP) is 2.92. The van der Waals surface area contributed by atoms with Gasteiger partial charge >= 0.3 is 0 Å². The Labute approximate surface area is 135 Å². The van der Waals surface area contributed by atoms with Crippen LogP contribution in [0.5, 0.6) is 5.75 Å². The number of aromatic nitrogens is 2. The molecule has 1 aromatic carbocycles. The molecule has 0 fully saturated rings. The summed E-state index contributed by atoms with van der Waals surface area (Å²) in [5, 5.41) is 0. The molecule has 5 heteroatoms. The average Bonchev–Trinajstić information content (AvgIpc) is 2.94. The number of aryl methyl sites for hydroxylation is 1. The largest absolute Gasteiger partial charge is 0.487 e. The van der Waals surface area contributed by atoms with Crippen molar-refractivity contribution in [1.82, 2.24) is 14.3 Å². The Hall–Kier alpha value is -2.82. The quantitative estimate of drug-likeness (QED) is 0.744. The Morgan fingerprint density at radius 1 is 1.13 bits per heavy atom. The summed E-state index contributed by atoms with van der Waals surface area (Å²) in [6.07, 6.45) is 4.00. The van der Waals surface area contributed by atoms with Gasteiger partial charge in [0.1, 0.15) is 18.0 Å². The van der Waals surface area contributed by atoms with E-state index in [1.54, 1.807) is 43.3 Å². The molecule has 3 aromatic rings. The second-order valence-electron chi connectivity index (χ2n) is 5.72. The van der Waals surface area contributed by atoms with Crippen LogP contribution in [-0.4, -0.2) is 34.3 Å². The highest BCUT2D eigenvalue weighted by Gasteiger charge is 2.08. The fourth-order valence-corrected chi connectivity index (χ4v) is 2.33. The van der Waals surface area contributed by atoms with Crippen molar-refractivity contribution in [2.24, 2.45) is 0 Å². The molecule has 0 unspecified atom stereocenters. The molecular weight excluding hydrogens is 290 g/mol. The number of pyridine rings is 1. The van der Waals surface area contributed by atoms with Gasteiger partial charge in [-0.1, -0.05) is 6.07 Å². The zero-order valence-corrected chi connectivity index (χ0v) is 13.5. The van der Waals surface area contributed by atoms with E-state index in [4.69, 9.17) is 4.74 Å². The van der Waals surface area contributed by atoms with E-state index in [1.807, 2.05) is 35.9 Å². The molecule has 5 nitrogen and oxygen atoms in total. The van der Waals surface area contributed by atoms with Crippen molar-refractivity contribution in [2.75, 3.05) is 14.1 Å². The first-order valence-corrected chi connectivity index (χ1v) is 7.42. The van der Waals surface area contributed by atoms with Crippen LogP contribution in [0.2, 0.25) is 0 Å². The van der Waals surface area contributed by atoms with Crippen molar-refractivity contribution in [3.63, 3.8) is 0 Å². The smallest absolute Gasteiger partial charge is 0.253 e. The van der Waals surface area contributed by atoms with Crippen molar-refractivity contribution in [1.29, 1.82) is 0 Å². The van der Waals surface area contributed by atoms with Gasteiger partial charge in [-0.3, -0.25) is 4.79 Å². The highest BCUT2D eigenvalue weighted by atomic mass is 16.5. The maximum absolute atomic E-state index is 11.8. The normalized spacial score (nSPS) is 10.7. The third-order valence-corrected chi connectivity index (χ3v) is 3.54. The van der Waals surface area contributed by atoms with E-state index >= 15 is 0 Å². The van der Waals surface area contributed by atoms with Crippen LogP contribution in [0.3, 0.4) is 0 Å². The molecule has 0 aliphatic heterocycles. The Morgan fingerprint density at radius 3 is 2.57 bits per heavy atom. The summed E-state index contributed by atoms with van der Waals surface area (Å²) in [4.78, 5) is 17.9. The minimum atomic E-state index is -0.0210. The molecule has 0 N–H and O–H groups in total. The van der Waals surface area contributed by atoms with Gasteiger partial charge < -0.3 is 14.0 Å². The lowest BCUT2D eigenvalue weighted by molar-refractivity contribution is 0.0827. The zero-order chi connectivity index (χ0) is 16.4. The number of ether oxygens (including phenoxy) is 1. The molecule has 0 saturated heterocycles. The molecule has 0 radical (unpaired) electrons. The molecular formula is C18H19N3O2. The Kier molecular flexibility index (Phi) is 4.02. The van der Waals surface area contributed by atoms with E-state index in [0.29, 0.717) is 17.9 Å². The van der Waals surface area contributed by atoms with Crippen molar-refractivity contribution in [3.8, 4) is 5.75 Å². The fourth-order valence-electron chi connectivity index (χ4n) is 2.33. The summed E-state index contributed by atoms with van der Waals surface area (Å²) >= 11 is 0. The molecule has 0 atom stereocenters. The third kappa shape index (κ3) is 3.34. The van der Waals surface area contributed by atoms with E-state index in [0.717, 1.165) is 11.3 Å². The summed E-state index contributed by atoms with van der Waals surface area (Å²) in [5.74, 6) is 0.695. The van der Waals surface area contributed by atoms with Gasteiger partial charge in [0.05, 0.1) is 5.69 Å². The van der Waals surface area contributed by atoms with Crippen LogP contribution in [0.25, 0.3) is 5.65 Å². The van der Waals surface area contributed by atoms with E-state index in [1.165, 1.54) is 5.56 Å². The lowest BCUT2D eigenvalue weighted by atomic mass is 10.2. The van der Waals surface area contributed by atoms with Crippen molar-refractivity contribution >= 4 is 11.6 Å². The summed E-state index contributed by atoms with van der Waals surface area (Å²) in [7, 11) is 3.47. The van der Waals surface area contributed by atoms with Gasteiger partial charge in [0.15, 0.2) is 0 Å². The number of nitrogens with zero attached hydrogens (tertiary/aromatic N) is 3. The van der Waals surface area contributed by atoms with Gasteiger partial charge in [0.2, 0.25) is 0 Å². The Bertz CT molecular complexity index is 835. The minimum Gasteiger partial charge on any atom is -0.487 e. The second-order valence-corrected chi connectivity index (χ2v) is 5.72. The first kappa shape index (κ1) is 15.1. The summed E-state index contributed by atoms with van der Waals surface area (Å²) in [6.45, 7) is 2.44. The SMILES string of the molecule is Cc1ccc2nc(COc3ccc(C(=O)N(C)C)cc3)cn2c1. The zero-order valence-electron chi connectivity index (χ0n) is 13.5. The van der Waals surface area contributed by atoms with Crippen molar-refractivity contribution < 1.29 is 9.53 Å². The number of rotatable bonds is 4. The second kappa shape index (κ2) is 6.12. The Morgan fingerprint density at radius 2 is 1.87 bits per heavy atom.